The lowest BCUT2D eigenvalue weighted by Gasteiger charge is -2.42. The molecule has 0 aliphatic heterocycles. The standard InChI is InChI=1S/C13H22N4O2/c1-4-18-10-7-9(14)12(10)17-13-15-6-5-11(16-13)19-8(2)3/h5-6,8-10,12H,4,7,14H2,1-3H3,(H,15,16,17). The number of nitrogens with zero attached hydrogens (tertiary/aromatic N) is 2. The summed E-state index contributed by atoms with van der Waals surface area (Å²) in [6.45, 7) is 6.59. The predicted octanol–water partition coefficient (Wildman–Crippen LogP) is 1.18. The molecule has 0 radical (unpaired) electrons. The number of ether oxygens (including phenoxy) is 2. The van der Waals surface area contributed by atoms with Crippen LogP contribution in [0.5, 0.6) is 5.88 Å². The molecular formula is C13H22N4O2. The average Bonchev–Trinajstić information content (AvgIpc) is 2.36. The van der Waals surface area contributed by atoms with Crippen LogP contribution in [-0.4, -0.2) is 40.9 Å². The van der Waals surface area contributed by atoms with Crippen molar-refractivity contribution in [3.8, 4) is 5.88 Å². The number of nitrogens with one attached hydrogen (secondary N) is 1. The van der Waals surface area contributed by atoms with E-state index in [0.29, 0.717) is 18.4 Å². The predicted molar refractivity (Wildman–Crippen MR) is 73.2 cm³/mol. The molecule has 1 aromatic heterocycles. The molecule has 1 aliphatic rings. The van der Waals surface area contributed by atoms with Crippen molar-refractivity contribution < 1.29 is 9.47 Å². The van der Waals surface area contributed by atoms with Crippen LogP contribution >= 0.6 is 0 Å². The average molecular weight is 266 g/mol. The number of rotatable bonds is 6. The Morgan fingerprint density at radius 1 is 1.53 bits per heavy atom. The zero-order chi connectivity index (χ0) is 13.8. The highest BCUT2D eigenvalue weighted by Gasteiger charge is 2.39. The van der Waals surface area contributed by atoms with E-state index in [1.54, 1.807) is 12.3 Å². The van der Waals surface area contributed by atoms with Crippen LogP contribution in [-0.2, 0) is 4.74 Å². The van der Waals surface area contributed by atoms with E-state index in [4.69, 9.17) is 15.2 Å². The molecule has 19 heavy (non-hydrogen) atoms. The summed E-state index contributed by atoms with van der Waals surface area (Å²) in [5, 5.41) is 3.22. The topological polar surface area (TPSA) is 82.3 Å². The molecule has 1 heterocycles. The smallest absolute Gasteiger partial charge is 0.226 e. The summed E-state index contributed by atoms with van der Waals surface area (Å²) in [4.78, 5) is 8.49. The van der Waals surface area contributed by atoms with Crippen LogP contribution in [0.25, 0.3) is 0 Å². The van der Waals surface area contributed by atoms with Crippen LogP contribution in [0.2, 0.25) is 0 Å². The van der Waals surface area contributed by atoms with Gasteiger partial charge in [0, 0.05) is 24.9 Å². The van der Waals surface area contributed by atoms with Crippen molar-refractivity contribution in [3.05, 3.63) is 12.3 Å². The third kappa shape index (κ3) is 3.54. The molecule has 0 spiro atoms. The van der Waals surface area contributed by atoms with Gasteiger partial charge in [-0.05, 0) is 27.2 Å². The highest BCUT2D eigenvalue weighted by molar-refractivity contribution is 5.32. The summed E-state index contributed by atoms with van der Waals surface area (Å²) in [5.41, 5.74) is 5.98. The first-order valence-electron chi connectivity index (χ1n) is 6.73. The summed E-state index contributed by atoms with van der Waals surface area (Å²) in [7, 11) is 0. The molecule has 3 N–H and O–H groups in total. The molecule has 1 aromatic rings. The van der Waals surface area contributed by atoms with Gasteiger partial charge in [-0.3, -0.25) is 0 Å². The van der Waals surface area contributed by atoms with E-state index in [-0.39, 0.29) is 24.3 Å². The molecule has 0 saturated heterocycles. The number of aromatic nitrogens is 2. The van der Waals surface area contributed by atoms with Gasteiger partial charge in [0.2, 0.25) is 11.8 Å². The normalized spacial score (nSPS) is 26.1. The quantitative estimate of drug-likeness (QED) is 0.804. The van der Waals surface area contributed by atoms with Crippen molar-refractivity contribution in [3.63, 3.8) is 0 Å². The lowest BCUT2D eigenvalue weighted by molar-refractivity contribution is -0.0128. The van der Waals surface area contributed by atoms with Crippen LogP contribution in [0.4, 0.5) is 5.95 Å². The molecule has 0 bridgehead atoms. The molecule has 6 nitrogen and oxygen atoms in total. The van der Waals surface area contributed by atoms with Gasteiger partial charge in [0.25, 0.3) is 0 Å². The lowest BCUT2D eigenvalue weighted by Crippen LogP contribution is -2.60. The molecule has 1 saturated carbocycles. The Kier molecular flexibility index (Phi) is 4.55. The monoisotopic (exact) mass is 266 g/mol. The highest BCUT2D eigenvalue weighted by atomic mass is 16.5. The van der Waals surface area contributed by atoms with Gasteiger partial charge < -0.3 is 20.5 Å². The summed E-state index contributed by atoms with van der Waals surface area (Å²) in [6.07, 6.45) is 2.77. The Morgan fingerprint density at radius 2 is 2.32 bits per heavy atom. The van der Waals surface area contributed by atoms with Crippen LogP contribution in [0, 0.1) is 0 Å². The maximum absolute atomic E-state index is 5.98. The third-order valence-electron chi connectivity index (χ3n) is 3.03. The maximum atomic E-state index is 5.98. The Bertz CT molecular complexity index is 411. The van der Waals surface area contributed by atoms with Crippen molar-refractivity contribution in [2.75, 3.05) is 11.9 Å². The van der Waals surface area contributed by atoms with E-state index in [9.17, 15) is 0 Å². The number of hydrogen-bond acceptors (Lipinski definition) is 6. The first-order valence-corrected chi connectivity index (χ1v) is 6.73. The van der Waals surface area contributed by atoms with Gasteiger partial charge in [0.15, 0.2) is 0 Å². The van der Waals surface area contributed by atoms with E-state index in [1.165, 1.54) is 0 Å². The number of nitrogens with two attached hydrogens (primary N) is 1. The molecule has 106 valence electrons. The van der Waals surface area contributed by atoms with Crippen molar-refractivity contribution in [1.82, 2.24) is 9.97 Å². The number of hydrogen-bond donors (Lipinski definition) is 2. The first-order chi connectivity index (χ1) is 9.10. The van der Waals surface area contributed by atoms with Crippen molar-refractivity contribution in [2.45, 2.75) is 51.5 Å². The van der Waals surface area contributed by atoms with Gasteiger partial charge in [0.1, 0.15) is 0 Å². The summed E-state index contributed by atoms with van der Waals surface area (Å²) < 4.78 is 11.1. The summed E-state index contributed by atoms with van der Waals surface area (Å²) in [6, 6.07) is 1.88. The van der Waals surface area contributed by atoms with E-state index in [1.807, 2.05) is 20.8 Å². The van der Waals surface area contributed by atoms with Gasteiger partial charge in [-0.15, -0.1) is 0 Å². The fraction of sp³-hybridized carbons (Fsp3) is 0.692. The minimum atomic E-state index is 0.0641. The van der Waals surface area contributed by atoms with Crippen LogP contribution in [0.1, 0.15) is 27.2 Å². The Hall–Kier alpha value is -1.40. The zero-order valence-electron chi connectivity index (χ0n) is 11.7. The molecular weight excluding hydrogens is 244 g/mol. The minimum absolute atomic E-state index is 0.0641. The maximum Gasteiger partial charge on any atom is 0.226 e. The van der Waals surface area contributed by atoms with Crippen molar-refractivity contribution in [1.29, 1.82) is 0 Å². The second-order valence-corrected chi connectivity index (χ2v) is 4.95. The summed E-state index contributed by atoms with van der Waals surface area (Å²) >= 11 is 0. The van der Waals surface area contributed by atoms with Gasteiger partial charge in [-0.25, -0.2) is 4.98 Å². The SMILES string of the molecule is CCOC1CC(N)C1Nc1nccc(OC(C)C)n1. The zero-order valence-corrected chi connectivity index (χ0v) is 11.7. The molecule has 2 rings (SSSR count). The Morgan fingerprint density at radius 3 is 2.95 bits per heavy atom. The number of anilines is 1. The minimum Gasteiger partial charge on any atom is -0.475 e. The van der Waals surface area contributed by atoms with Crippen molar-refractivity contribution in [2.24, 2.45) is 5.73 Å². The third-order valence-corrected chi connectivity index (χ3v) is 3.03. The molecule has 6 heteroatoms. The molecule has 3 atom stereocenters. The van der Waals surface area contributed by atoms with Crippen LogP contribution < -0.4 is 15.8 Å². The Labute approximate surface area is 113 Å². The summed E-state index contributed by atoms with van der Waals surface area (Å²) in [5.74, 6) is 1.09. The van der Waals surface area contributed by atoms with E-state index < -0.39 is 0 Å². The fourth-order valence-electron chi connectivity index (χ4n) is 2.09. The molecule has 3 unspecified atom stereocenters. The fourth-order valence-corrected chi connectivity index (χ4v) is 2.09. The first kappa shape index (κ1) is 14.0. The molecule has 1 aliphatic carbocycles. The molecule has 1 fully saturated rings. The highest BCUT2D eigenvalue weighted by Crippen LogP contribution is 2.25. The van der Waals surface area contributed by atoms with E-state index >= 15 is 0 Å². The second kappa shape index (κ2) is 6.16. The molecule has 0 aromatic carbocycles. The van der Waals surface area contributed by atoms with Gasteiger partial charge in [-0.2, -0.15) is 4.98 Å². The Balaban J connectivity index is 1.98. The second-order valence-electron chi connectivity index (χ2n) is 4.95. The largest absolute Gasteiger partial charge is 0.475 e. The van der Waals surface area contributed by atoms with E-state index in [0.717, 1.165) is 6.42 Å². The van der Waals surface area contributed by atoms with Crippen molar-refractivity contribution >= 4 is 5.95 Å². The van der Waals surface area contributed by atoms with Gasteiger partial charge >= 0.3 is 0 Å². The molecule has 0 amide bonds. The van der Waals surface area contributed by atoms with Crippen LogP contribution in [0.3, 0.4) is 0 Å². The van der Waals surface area contributed by atoms with Gasteiger partial charge in [-0.1, -0.05) is 0 Å². The van der Waals surface area contributed by atoms with E-state index in [2.05, 4.69) is 15.3 Å². The lowest BCUT2D eigenvalue weighted by atomic mass is 9.83. The van der Waals surface area contributed by atoms with Gasteiger partial charge in [0.05, 0.1) is 18.2 Å². The van der Waals surface area contributed by atoms with Crippen LogP contribution in [0.15, 0.2) is 12.3 Å².